The lowest BCUT2D eigenvalue weighted by Gasteiger charge is -2.25. The molecule has 0 saturated carbocycles. The Morgan fingerprint density at radius 2 is 1.55 bits per heavy atom. The molecule has 0 unspecified atom stereocenters. The predicted molar refractivity (Wildman–Crippen MR) is 130 cm³/mol. The molecule has 0 aliphatic heterocycles. The smallest absolute Gasteiger partial charge is 0.338 e. The molecule has 1 heterocycles. The summed E-state index contributed by atoms with van der Waals surface area (Å²) in [4.78, 5) is 34.7. The fraction of sp³-hybridized carbons (Fsp3) is 0.375. The summed E-state index contributed by atoms with van der Waals surface area (Å²) in [5, 5.41) is 0.504. The van der Waals surface area contributed by atoms with Crippen molar-refractivity contribution >= 4 is 38.6 Å². The molecule has 0 N–H and O–H groups in total. The Balaban J connectivity index is 2.11. The minimum atomic E-state index is -0.560. The Morgan fingerprint density at radius 3 is 2.15 bits per heavy atom. The van der Waals surface area contributed by atoms with Crippen LogP contribution in [0.25, 0.3) is 10.2 Å². The van der Waals surface area contributed by atoms with Crippen molar-refractivity contribution in [3.63, 3.8) is 0 Å². The van der Waals surface area contributed by atoms with Crippen LogP contribution in [0, 0.1) is 0 Å². The van der Waals surface area contributed by atoms with Gasteiger partial charge in [0.05, 0.1) is 32.5 Å². The van der Waals surface area contributed by atoms with E-state index in [1.54, 1.807) is 49.5 Å². The third-order valence-electron chi connectivity index (χ3n) is 5.47. The number of carbonyl (C=O) groups is 2. The zero-order valence-corrected chi connectivity index (χ0v) is 20.4. The molecule has 1 amide bonds. The highest BCUT2D eigenvalue weighted by Crippen LogP contribution is 2.40. The molecule has 0 bridgehead atoms. The molecule has 33 heavy (non-hydrogen) atoms. The fourth-order valence-corrected chi connectivity index (χ4v) is 4.66. The van der Waals surface area contributed by atoms with Gasteiger partial charge in [0.2, 0.25) is 0 Å². The molecule has 0 aliphatic rings. The van der Waals surface area contributed by atoms with Gasteiger partial charge in [-0.05, 0) is 37.4 Å². The van der Waals surface area contributed by atoms with E-state index < -0.39 is 5.97 Å². The van der Waals surface area contributed by atoms with E-state index >= 15 is 0 Å². The maximum absolute atomic E-state index is 13.8. The minimum absolute atomic E-state index is 0.217. The number of fused-ring (bicyclic) bond motifs is 1. The average Bonchev–Trinajstić information content (AvgIpc) is 3.30. The Labute approximate surface area is 197 Å². The molecular formula is C24H29N3O5S. The Morgan fingerprint density at radius 1 is 0.909 bits per heavy atom. The first-order valence-electron chi connectivity index (χ1n) is 10.7. The molecule has 0 saturated heterocycles. The molecule has 0 radical (unpaired) electrons. The number of esters is 1. The van der Waals surface area contributed by atoms with E-state index in [4.69, 9.17) is 19.2 Å². The molecule has 176 valence electrons. The maximum Gasteiger partial charge on any atom is 0.338 e. The number of hydrogen-bond donors (Lipinski definition) is 0. The fourth-order valence-electron chi connectivity index (χ4n) is 3.56. The van der Waals surface area contributed by atoms with Gasteiger partial charge < -0.3 is 19.1 Å². The van der Waals surface area contributed by atoms with Crippen molar-refractivity contribution in [3.8, 4) is 11.5 Å². The summed E-state index contributed by atoms with van der Waals surface area (Å²) in [6, 6.07) is 10.3. The van der Waals surface area contributed by atoms with Crippen molar-refractivity contribution in [2.75, 3.05) is 52.4 Å². The van der Waals surface area contributed by atoms with Crippen LogP contribution in [0.5, 0.6) is 11.5 Å². The van der Waals surface area contributed by atoms with Crippen LogP contribution in [0.2, 0.25) is 0 Å². The highest BCUT2D eigenvalue weighted by Gasteiger charge is 2.27. The number of benzene rings is 2. The number of anilines is 1. The molecule has 1 aromatic heterocycles. The van der Waals surface area contributed by atoms with Crippen LogP contribution in [0.1, 0.15) is 34.6 Å². The Bertz CT molecular complexity index is 1090. The molecule has 0 spiro atoms. The van der Waals surface area contributed by atoms with Gasteiger partial charge in [0, 0.05) is 13.1 Å². The predicted octanol–water partition coefficient (Wildman–Crippen LogP) is 4.09. The van der Waals surface area contributed by atoms with Crippen LogP contribution in [-0.2, 0) is 4.74 Å². The Hall–Kier alpha value is -3.17. The quantitative estimate of drug-likeness (QED) is 0.412. The molecule has 3 aromatic rings. The molecule has 2 aromatic carbocycles. The standard InChI is InChI=1S/C24H29N3O5S/c1-6-26(7-2)14-15-27(22(28)16-10-8-9-11-17(16)23(29)32-5)24-25-20-18(30-3)12-13-19(31-4)21(20)33-24/h8-13H,6-7,14-15H2,1-5H3. The van der Waals surface area contributed by atoms with E-state index in [1.807, 2.05) is 6.07 Å². The number of likely N-dealkylation sites (N-methyl/N-ethyl adjacent to an activating group) is 1. The SMILES string of the molecule is CCN(CC)CCN(C(=O)c1ccccc1C(=O)OC)c1nc2c(OC)ccc(OC)c2s1. The van der Waals surface area contributed by atoms with E-state index in [0.717, 1.165) is 17.8 Å². The van der Waals surface area contributed by atoms with Gasteiger partial charge in [0.15, 0.2) is 5.13 Å². The van der Waals surface area contributed by atoms with Crippen LogP contribution < -0.4 is 14.4 Å². The zero-order valence-electron chi connectivity index (χ0n) is 19.6. The van der Waals surface area contributed by atoms with Crippen molar-refractivity contribution in [1.82, 2.24) is 9.88 Å². The largest absolute Gasteiger partial charge is 0.495 e. The van der Waals surface area contributed by atoms with Crippen LogP contribution >= 0.6 is 11.3 Å². The normalized spacial score (nSPS) is 11.0. The monoisotopic (exact) mass is 471 g/mol. The molecule has 3 rings (SSSR count). The molecule has 0 aliphatic carbocycles. The lowest BCUT2D eigenvalue weighted by Crippen LogP contribution is -2.39. The number of aromatic nitrogens is 1. The third kappa shape index (κ3) is 5.09. The summed E-state index contributed by atoms with van der Waals surface area (Å²) in [6.45, 7) is 6.94. The minimum Gasteiger partial charge on any atom is -0.495 e. The molecule has 0 atom stereocenters. The molecular weight excluding hydrogens is 442 g/mol. The number of thiazole rings is 1. The lowest BCUT2D eigenvalue weighted by atomic mass is 10.1. The van der Waals surface area contributed by atoms with Crippen molar-refractivity contribution in [3.05, 3.63) is 47.5 Å². The summed E-state index contributed by atoms with van der Waals surface area (Å²) >= 11 is 1.35. The first kappa shape index (κ1) is 24.5. The van der Waals surface area contributed by atoms with E-state index in [1.165, 1.54) is 18.4 Å². The van der Waals surface area contributed by atoms with E-state index in [-0.39, 0.29) is 17.0 Å². The first-order chi connectivity index (χ1) is 16.0. The maximum atomic E-state index is 13.8. The molecule has 0 fully saturated rings. The van der Waals surface area contributed by atoms with Crippen molar-refractivity contribution in [2.24, 2.45) is 0 Å². The van der Waals surface area contributed by atoms with Crippen LogP contribution in [0.3, 0.4) is 0 Å². The number of amides is 1. The van der Waals surface area contributed by atoms with E-state index in [9.17, 15) is 9.59 Å². The van der Waals surface area contributed by atoms with Gasteiger partial charge in [-0.1, -0.05) is 37.3 Å². The summed E-state index contributed by atoms with van der Waals surface area (Å²) in [5.74, 6) is 0.371. The van der Waals surface area contributed by atoms with Gasteiger partial charge in [0.25, 0.3) is 5.91 Å². The van der Waals surface area contributed by atoms with Crippen LogP contribution in [0.15, 0.2) is 36.4 Å². The second-order valence-electron chi connectivity index (χ2n) is 7.17. The first-order valence-corrected chi connectivity index (χ1v) is 11.5. The second-order valence-corrected chi connectivity index (χ2v) is 8.14. The van der Waals surface area contributed by atoms with Crippen molar-refractivity contribution in [2.45, 2.75) is 13.8 Å². The summed E-state index contributed by atoms with van der Waals surface area (Å²) in [6.07, 6.45) is 0. The highest BCUT2D eigenvalue weighted by atomic mass is 32.1. The average molecular weight is 472 g/mol. The van der Waals surface area contributed by atoms with Gasteiger partial charge in [-0.2, -0.15) is 0 Å². The van der Waals surface area contributed by atoms with Gasteiger partial charge in [-0.15, -0.1) is 0 Å². The van der Waals surface area contributed by atoms with Gasteiger partial charge >= 0.3 is 5.97 Å². The molecule has 9 heteroatoms. The number of ether oxygens (including phenoxy) is 3. The summed E-state index contributed by atoms with van der Waals surface area (Å²) < 4.78 is 16.7. The Kier molecular flexibility index (Phi) is 8.24. The lowest BCUT2D eigenvalue weighted by molar-refractivity contribution is 0.0597. The number of methoxy groups -OCH3 is 3. The topological polar surface area (TPSA) is 81.2 Å². The molecule has 8 nitrogen and oxygen atoms in total. The van der Waals surface area contributed by atoms with Gasteiger partial charge in [0.1, 0.15) is 21.7 Å². The van der Waals surface area contributed by atoms with E-state index in [2.05, 4.69) is 18.7 Å². The van der Waals surface area contributed by atoms with Gasteiger partial charge in [-0.3, -0.25) is 9.69 Å². The summed E-state index contributed by atoms with van der Waals surface area (Å²) in [5.41, 5.74) is 1.11. The van der Waals surface area contributed by atoms with Crippen molar-refractivity contribution < 1.29 is 23.8 Å². The number of hydrogen-bond acceptors (Lipinski definition) is 8. The second kappa shape index (κ2) is 11.1. The van der Waals surface area contributed by atoms with Crippen LogP contribution in [-0.4, -0.2) is 69.3 Å². The van der Waals surface area contributed by atoms with E-state index in [0.29, 0.717) is 35.2 Å². The number of rotatable bonds is 10. The number of carbonyl (C=O) groups excluding carboxylic acids is 2. The van der Waals surface area contributed by atoms with Crippen molar-refractivity contribution in [1.29, 1.82) is 0 Å². The third-order valence-corrected chi connectivity index (χ3v) is 6.56. The van der Waals surface area contributed by atoms with Gasteiger partial charge in [-0.25, -0.2) is 9.78 Å². The number of nitrogens with zero attached hydrogens (tertiary/aromatic N) is 3. The zero-order chi connectivity index (χ0) is 24.0. The van der Waals surface area contributed by atoms with Crippen LogP contribution in [0.4, 0.5) is 5.13 Å². The highest BCUT2D eigenvalue weighted by molar-refractivity contribution is 7.22. The summed E-state index contributed by atoms with van der Waals surface area (Å²) in [7, 11) is 4.47.